The van der Waals surface area contributed by atoms with Crippen molar-refractivity contribution in [1.29, 1.82) is 0 Å². The van der Waals surface area contributed by atoms with Gasteiger partial charge in [-0.1, -0.05) is 48.5 Å². The number of nitrogens with one attached hydrogen (secondary N) is 2. The van der Waals surface area contributed by atoms with Gasteiger partial charge < -0.3 is 31.9 Å². The summed E-state index contributed by atoms with van der Waals surface area (Å²) in [6.45, 7) is 1.57. The lowest BCUT2D eigenvalue weighted by Crippen LogP contribution is -2.15. The van der Waals surface area contributed by atoms with Gasteiger partial charge in [-0.25, -0.2) is 0 Å². The van der Waals surface area contributed by atoms with Gasteiger partial charge in [0, 0.05) is 22.3 Å². The molecule has 0 radical (unpaired) electrons. The average molecular weight is 603 g/mol. The zero-order chi connectivity index (χ0) is 32.0. The van der Waals surface area contributed by atoms with Crippen molar-refractivity contribution in [1.82, 2.24) is 0 Å². The second-order valence-corrected chi connectivity index (χ2v) is 9.67. The Balaban J connectivity index is 0.000000215. The predicted molar refractivity (Wildman–Crippen MR) is 166 cm³/mol. The van der Waals surface area contributed by atoms with E-state index in [0.717, 1.165) is 17.8 Å². The number of aromatic hydroxyl groups is 1. The van der Waals surface area contributed by atoms with Gasteiger partial charge in [0.2, 0.25) is 0 Å². The number of aryl methyl sites for hydroxylation is 1. The number of phenols is 1. The molecule has 0 atom stereocenters. The summed E-state index contributed by atoms with van der Waals surface area (Å²) >= 11 is 0. The Morgan fingerprint density at radius 3 is 2.16 bits per heavy atom. The number of amides is 2. The van der Waals surface area contributed by atoms with E-state index in [-0.39, 0.29) is 22.8 Å². The summed E-state index contributed by atoms with van der Waals surface area (Å²) in [5.41, 5.74) is 12.8. The Bertz CT molecular complexity index is 1830. The zero-order valence-electron chi connectivity index (χ0n) is 23.7. The summed E-state index contributed by atoms with van der Waals surface area (Å²) in [4.78, 5) is 24.5. The number of nitrogen functional groups attached to an aromatic ring is 2. The van der Waals surface area contributed by atoms with E-state index in [1.165, 1.54) is 19.2 Å². The van der Waals surface area contributed by atoms with Gasteiger partial charge in [-0.05, 0) is 66.4 Å². The maximum atomic E-state index is 12.9. The molecule has 44 heavy (non-hydrogen) atoms. The summed E-state index contributed by atoms with van der Waals surface area (Å²) < 4.78 is 43.7. The Kier molecular flexibility index (Phi) is 9.28. The fraction of sp³-hybridized carbons (Fsp3) is 0.0909. The highest BCUT2D eigenvalue weighted by Crippen LogP contribution is 2.35. The fourth-order valence-corrected chi connectivity index (χ4v) is 4.26. The summed E-state index contributed by atoms with van der Waals surface area (Å²) in [6.07, 6.45) is -4.53. The number of anilines is 4. The molecule has 8 nitrogen and oxygen atoms in total. The standard InChI is InChI=1S/C19H15F3N2O2.C14H14N2O2/c1-10-6-7-12(19(20,21)22)9-15(10)24-18(26)14-8-11-4-2-3-5-13(11)16(23)17(14)25;1-18-13-8-7-10(9-12(13)15)14(17)16-11-5-3-2-4-6-11/h2-9,25H,23H2,1H3,(H,24,26);2-9H,15H2,1H3,(H,16,17). The molecule has 0 saturated carbocycles. The molecule has 0 unspecified atom stereocenters. The van der Waals surface area contributed by atoms with Crippen LogP contribution in [0.25, 0.3) is 10.8 Å². The quantitative estimate of drug-likeness (QED) is 0.106. The van der Waals surface area contributed by atoms with E-state index in [0.29, 0.717) is 33.3 Å². The van der Waals surface area contributed by atoms with Gasteiger partial charge >= 0.3 is 6.18 Å². The number of rotatable bonds is 5. The van der Waals surface area contributed by atoms with Gasteiger partial charge in [-0.2, -0.15) is 13.2 Å². The number of fused-ring (bicyclic) bond motifs is 1. The van der Waals surface area contributed by atoms with Crippen LogP contribution >= 0.6 is 0 Å². The average Bonchev–Trinajstić information content (AvgIpc) is 3.00. The Morgan fingerprint density at radius 1 is 0.818 bits per heavy atom. The number of para-hydroxylation sites is 1. The lowest BCUT2D eigenvalue weighted by Gasteiger charge is -2.14. The van der Waals surface area contributed by atoms with Gasteiger partial charge in [0.25, 0.3) is 11.8 Å². The Morgan fingerprint density at radius 2 is 1.50 bits per heavy atom. The highest BCUT2D eigenvalue weighted by Gasteiger charge is 2.31. The van der Waals surface area contributed by atoms with E-state index >= 15 is 0 Å². The zero-order valence-corrected chi connectivity index (χ0v) is 23.7. The van der Waals surface area contributed by atoms with Crippen molar-refractivity contribution in [2.75, 3.05) is 29.2 Å². The second kappa shape index (κ2) is 13.1. The number of ether oxygens (including phenoxy) is 1. The normalized spacial score (nSPS) is 10.8. The number of hydrogen-bond acceptors (Lipinski definition) is 6. The first-order chi connectivity index (χ1) is 20.9. The smallest absolute Gasteiger partial charge is 0.416 e. The monoisotopic (exact) mass is 602 g/mol. The highest BCUT2D eigenvalue weighted by molar-refractivity contribution is 6.12. The van der Waals surface area contributed by atoms with E-state index in [1.807, 2.05) is 30.3 Å². The van der Waals surface area contributed by atoms with E-state index in [9.17, 15) is 27.9 Å². The summed E-state index contributed by atoms with van der Waals surface area (Å²) in [5.74, 6) is -0.796. The van der Waals surface area contributed by atoms with Crippen LogP contribution in [0.3, 0.4) is 0 Å². The molecule has 0 bridgehead atoms. The van der Waals surface area contributed by atoms with E-state index < -0.39 is 23.4 Å². The van der Waals surface area contributed by atoms with Crippen molar-refractivity contribution in [3.05, 3.63) is 119 Å². The number of methoxy groups -OCH3 is 1. The highest BCUT2D eigenvalue weighted by atomic mass is 19.4. The van der Waals surface area contributed by atoms with Crippen LogP contribution in [0.15, 0.2) is 97.1 Å². The van der Waals surface area contributed by atoms with Crippen LogP contribution in [0, 0.1) is 6.92 Å². The molecule has 7 N–H and O–H groups in total. The summed E-state index contributed by atoms with van der Waals surface area (Å²) in [5, 5.41) is 16.6. The van der Waals surface area contributed by atoms with Crippen LogP contribution in [0.5, 0.6) is 11.5 Å². The molecule has 0 aromatic heterocycles. The predicted octanol–water partition coefficient (Wildman–Crippen LogP) is 7.24. The third-order valence-electron chi connectivity index (χ3n) is 6.64. The largest absolute Gasteiger partial charge is 0.505 e. The number of hydrogen-bond donors (Lipinski definition) is 5. The van der Waals surface area contributed by atoms with Gasteiger partial charge in [0.1, 0.15) is 5.75 Å². The first-order valence-corrected chi connectivity index (χ1v) is 13.2. The maximum Gasteiger partial charge on any atom is 0.416 e. The van der Waals surface area contributed by atoms with E-state index in [4.69, 9.17) is 16.2 Å². The Labute approximate surface area is 251 Å². The number of carbonyl (C=O) groups excluding carboxylic acids is 2. The van der Waals surface area contributed by atoms with Gasteiger partial charge in [0.05, 0.1) is 29.6 Å². The summed E-state index contributed by atoms with van der Waals surface area (Å²) in [7, 11) is 1.54. The van der Waals surface area contributed by atoms with Gasteiger partial charge in [-0.3, -0.25) is 9.59 Å². The molecule has 0 spiro atoms. The number of phenolic OH excluding ortho intramolecular Hbond substituents is 1. The van der Waals surface area contributed by atoms with Gasteiger partial charge in [-0.15, -0.1) is 0 Å². The van der Waals surface area contributed by atoms with Crippen molar-refractivity contribution in [2.24, 2.45) is 0 Å². The van der Waals surface area contributed by atoms with Crippen LogP contribution in [0.1, 0.15) is 31.8 Å². The topological polar surface area (TPSA) is 140 Å². The van der Waals surface area contributed by atoms with Crippen molar-refractivity contribution in [3.8, 4) is 11.5 Å². The first kappa shape index (κ1) is 31.2. The first-order valence-electron chi connectivity index (χ1n) is 13.2. The molecule has 0 aliphatic carbocycles. The van der Waals surface area contributed by atoms with E-state index in [1.54, 1.807) is 49.4 Å². The molecule has 0 aliphatic heterocycles. The van der Waals surface area contributed by atoms with Crippen LogP contribution in [0.4, 0.5) is 35.9 Å². The minimum atomic E-state index is -4.53. The molecule has 11 heteroatoms. The van der Waals surface area contributed by atoms with Gasteiger partial charge in [0.15, 0.2) is 5.75 Å². The second-order valence-electron chi connectivity index (χ2n) is 9.67. The molecule has 5 aromatic carbocycles. The number of halogens is 3. The lowest BCUT2D eigenvalue weighted by atomic mass is 10.0. The molecule has 226 valence electrons. The van der Waals surface area contributed by atoms with Crippen LogP contribution in [-0.2, 0) is 6.18 Å². The molecule has 0 fully saturated rings. The van der Waals surface area contributed by atoms with Crippen molar-refractivity contribution < 1.29 is 32.6 Å². The molecular formula is C33H29F3N4O4. The molecule has 5 rings (SSSR count). The third kappa shape index (κ3) is 7.19. The van der Waals surface area contributed by atoms with Crippen LogP contribution in [0.2, 0.25) is 0 Å². The SMILES string of the molecule is COc1ccc(C(=O)Nc2ccccc2)cc1N.Cc1ccc(C(F)(F)F)cc1NC(=O)c1cc2ccccc2c(N)c1O. The number of nitrogens with two attached hydrogens (primary N) is 2. The number of carbonyl (C=O) groups is 2. The summed E-state index contributed by atoms with van der Waals surface area (Å²) in [6, 6.07) is 25.6. The van der Waals surface area contributed by atoms with Crippen LogP contribution < -0.4 is 26.8 Å². The molecule has 2 amide bonds. The van der Waals surface area contributed by atoms with Crippen LogP contribution in [-0.4, -0.2) is 24.0 Å². The number of benzene rings is 5. The minimum Gasteiger partial charge on any atom is -0.505 e. The maximum absolute atomic E-state index is 12.9. The Hall–Kier alpha value is -5.71. The lowest BCUT2D eigenvalue weighted by molar-refractivity contribution is -0.137. The fourth-order valence-electron chi connectivity index (χ4n) is 4.26. The van der Waals surface area contributed by atoms with E-state index in [2.05, 4.69) is 10.6 Å². The van der Waals surface area contributed by atoms with Crippen molar-refractivity contribution >= 4 is 45.3 Å². The number of alkyl halides is 3. The van der Waals surface area contributed by atoms with Crippen molar-refractivity contribution in [2.45, 2.75) is 13.1 Å². The minimum absolute atomic E-state index is 0.0101. The molecule has 0 heterocycles. The molecule has 0 saturated heterocycles. The molecular weight excluding hydrogens is 573 g/mol. The molecule has 5 aromatic rings. The van der Waals surface area contributed by atoms with Crippen molar-refractivity contribution in [3.63, 3.8) is 0 Å². The molecule has 0 aliphatic rings. The third-order valence-corrected chi connectivity index (χ3v) is 6.64.